The maximum atomic E-state index is 13.4. The molecule has 2 aromatic carbocycles. The van der Waals surface area contributed by atoms with Crippen LogP contribution in [-0.4, -0.2) is 23.3 Å². The van der Waals surface area contributed by atoms with E-state index >= 15 is 0 Å². The van der Waals surface area contributed by atoms with Crippen LogP contribution in [0.2, 0.25) is 5.02 Å². The van der Waals surface area contributed by atoms with Gasteiger partial charge in [-0.1, -0.05) is 35.9 Å². The third-order valence-corrected chi connectivity index (χ3v) is 5.60. The van der Waals surface area contributed by atoms with Gasteiger partial charge in [0.2, 0.25) is 5.13 Å². The number of hydrogen-bond acceptors (Lipinski definition) is 6. The molecule has 0 spiro atoms. The zero-order valence-electron chi connectivity index (χ0n) is 15.5. The Morgan fingerprint density at radius 1 is 1.24 bits per heavy atom. The first kappa shape index (κ1) is 19.5. The normalized spacial score (nSPS) is 16.0. The number of carbonyl (C=O) groups excluding carboxylic acids is 1. The van der Waals surface area contributed by atoms with Gasteiger partial charge in [-0.05, 0) is 42.3 Å². The zero-order valence-corrected chi connectivity index (χ0v) is 17.1. The Kier molecular flexibility index (Phi) is 5.60. The maximum Gasteiger partial charge on any atom is 0.357 e. The number of nitrogens with zero attached hydrogens (tertiary/aromatic N) is 3. The van der Waals surface area contributed by atoms with E-state index in [1.165, 1.54) is 23.5 Å². The topological polar surface area (TPSA) is 54.8 Å². The number of anilines is 1. The van der Waals surface area contributed by atoms with E-state index in [0.717, 1.165) is 16.8 Å². The second kappa shape index (κ2) is 8.31. The summed E-state index contributed by atoms with van der Waals surface area (Å²) < 4.78 is 18.4. The molecule has 1 aliphatic heterocycles. The molecule has 0 saturated heterocycles. The van der Waals surface area contributed by atoms with Crippen LogP contribution in [-0.2, 0) is 4.74 Å². The van der Waals surface area contributed by atoms with Crippen molar-refractivity contribution in [1.29, 1.82) is 0 Å². The van der Waals surface area contributed by atoms with Crippen LogP contribution in [0.3, 0.4) is 0 Å². The van der Waals surface area contributed by atoms with Crippen LogP contribution in [0.4, 0.5) is 9.52 Å². The zero-order chi connectivity index (χ0) is 20.4. The van der Waals surface area contributed by atoms with Gasteiger partial charge in [0.15, 0.2) is 5.69 Å². The Balaban J connectivity index is 1.70. The quantitative estimate of drug-likeness (QED) is 0.505. The molecule has 148 valence electrons. The van der Waals surface area contributed by atoms with Gasteiger partial charge >= 0.3 is 5.97 Å². The first-order valence-electron chi connectivity index (χ1n) is 9.06. The van der Waals surface area contributed by atoms with E-state index < -0.39 is 5.97 Å². The second-order valence-electron chi connectivity index (χ2n) is 6.41. The van der Waals surface area contributed by atoms with E-state index in [1.54, 1.807) is 29.4 Å². The fourth-order valence-electron chi connectivity index (χ4n) is 3.12. The van der Waals surface area contributed by atoms with Gasteiger partial charge in [-0.2, -0.15) is 5.10 Å². The van der Waals surface area contributed by atoms with Gasteiger partial charge < -0.3 is 4.74 Å². The van der Waals surface area contributed by atoms with Gasteiger partial charge in [-0.25, -0.2) is 19.2 Å². The average Bonchev–Trinajstić information content (AvgIpc) is 3.37. The van der Waals surface area contributed by atoms with Crippen molar-refractivity contribution < 1.29 is 13.9 Å². The Bertz CT molecular complexity index is 1050. The molecular formula is C21H17ClFN3O2S. The molecular weight excluding hydrogens is 413 g/mol. The van der Waals surface area contributed by atoms with Crippen molar-refractivity contribution in [2.24, 2.45) is 5.10 Å². The molecule has 3 aromatic rings. The number of halogens is 2. The number of hydrogen-bond donors (Lipinski definition) is 0. The standard InChI is InChI=1S/C21H17ClFN3O2S/c1-2-28-20(27)18-12-29-21(24-18)26-19(14-5-9-16(23)10-6-14)11-17(25-26)13-3-7-15(22)8-4-13/h3-10,12,19H,2,11H2,1H3. The summed E-state index contributed by atoms with van der Waals surface area (Å²) in [5.74, 6) is -0.759. The number of carbonyl (C=O) groups is 1. The molecule has 5 nitrogen and oxygen atoms in total. The third-order valence-electron chi connectivity index (χ3n) is 4.52. The predicted octanol–water partition coefficient (Wildman–Crippen LogP) is 5.47. The molecule has 0 bridgehead atoms. The third kappa shape index (κ3) is 4.16. The fraction of sp³-hybridized carbons (Fsp3) is 0.190. The first-order chi connectivity index (χ1) is 14.0. The number of esters is 1. The minimum atomic E-state index is -0.463. The molecule has 1 aromatic heterocycles. The molecule has 1 atom stereocenters. The summed E-state index contributed by atoms with van der Waals surface area (Å²) in [5.41, 5.74) is 2.97. The highest BCUT2D eigenvalue weighted by atomic mass is 35.5. The molecule has 0 N–H and O–H groups in total. The van der Waals surface area contributed by atoms with E-state index in [4.69, 9.17) is 21.4 Å². The summed E-state index contributed by atoms with van der Waals surface area (Å²) in [4.78, 5) is 16.4. The van der Waals surface area contributed by atoms with Gasteiger partial charge in [0.1, 0.15) is 5.82 Å². The van der Waals surface area contributed by atoms with Crippen molar-refractivity contribution in [3.05, 3.63) is 81.6 Å². The van der Waals surface area contributed by atoms with Crippen molar-refractivity contribution >= 4 is 39.8 Å². The van der Waals surface area contributed by atoms with Crippen molar-refractivity contribution in [3.63, 3.8) is 0 Å². The van der Waals surface area contributed by atoms with Crippen molar-refractivity contribution in [1.82, 2.24) is 4.98 Å². The van der Waals surface area contributed by atoms with Gasteiger partial charge in [-0.3, -0.25) is 0 Å². The van der Waals surface area contributed by atoms with E-state index in [1.807, 2.05) is 24.3 Å². The first-order valence-corrected chi connectivity index (χ1v) is 10.3. The summed E-state index contributed by atoms with van der Waals surface area (Å²) in [6.07, 6.45) is 0.613. The van der Waals surface area contributed by atoms with Crippen LogP contribution in [0.15, 0.2) is 59.0 Å². The molecule has 0 saturated carbocycles. The maximum absolute atomic E-state index is 13.4. The van der Waals surface area contributed by atoms with E-state index in [0.29, 0.717) is 16.6 Å². The lowest BCUT2D eigenvalue weighted by atomic mass is 9.98. The number of thiazole rings is 1. The molecule has 2 heterocycles. The highest BCUT2D eigenvalue weighted by molar-refractivity contribution is 7.13. The fourth-order valence-corrected chi connectivity index (χ4v) is 4.04. The minimum Gasteiger partial charge on any atom is -0.461 e. The number of aromatic nitrogens is 1. The van der Waals surface area contributed by atoms with E-state index in [2.05, 4.69) is 4.98 Å². The number of benzene rings is 2. The lowest BCUT2D eigenvalue weighted by Gasteiger charge is -2.21. The summed E-state index contributed by atoms with van der Waals surface area (Å²) in [7, 11) is 0. The molecule has 0 amide bonds. The predicted molar refractivity (Wildman–Crippen MR) is 112 cm³/mol. The Hall–Kier alpha value is -2.77. The van der Waals surface area contributed by atoms with Crippen molar-refractivity contribution in [2.45, 2.75) is 19.4 Å². The van der Waals surface area contributed by atoms with Crippen LogP contribution in [0, 0.1) is 5.82 Å². The SMILES string of the molecule is CCOC(=O)c1csc(N2N=C(c3ccc(Cl)cc3)CC2c2ccc(F)cc2)n1. The summed E-state index contributed by atoms with van der Waals surface area (Å²) in [5, 5.41) is 9.43. The van der Waals surface area contributed by atoms with Crippen LogP contribution in [0.1, 0.15) is 41.0 Å². The highest BCUT2D eigenvalue weighted by Crippen LogP contribution is 2.38. The monoisotopic (exact) mass is 429 g/mol. The molecule has 1 aliphatic rings. The molecule has 0 aliphatic carbocycles. The van der Waals surface area contributed by atoms with Gasteiger partial charge in [0, 0.05) is 16.8 Å². The van der Waals surface area contributed by atoms with Gasteiger partial charge in [0.05, 0.1) is 18.4 Å². The molecule has 8 heteroatoms. The van der Waals surface area contributed by atoms with Crippen LogP contribution in [0.5, 0.6) is 0 Å². The van der Waals surface area contributed by atoms with E-state index in [9.17, 15) is 9.18 Å². The minimum absolute atomic E-state index is 0.164. The lowest BCUT2D eigenvalue weighted by Crippen LogP contribution is -2.18. The molecule has 1 unspecified atom stereocenters. The number of ether oxygens (including phenoxy) is 1. The highest BCUT2D eigenvalue weighted by Gasteiger charge is 2.32. The lowest BCUT2D eigenvalue weighted by molar-refractivity contribution is 0.0520. The Morgan fingerprint density at radius 3 is 2.66 bits per heavy atom. The van der Waals surface area contributed by atoms with Crippen molar-refractivity contribution in [2.75, 3.05) is 11.6 Å². The summed E-state index contributed by atoms with van der Waals surface area (Å²) in [6, 6.07) is 13.6. The molecule has 0 radical (unpaired) electrons. The summed E-state index contributed by atoms with van der Waals surface area (Å²) in [6.45, 7) is 2.03. The largest absolute Gasteiger partial charge is 0.461 e. The smallest absolute Gasteiger partial charge is 0.357 e. The van der Waals surface area contributed by atoms with Gasteiger partial charge in [-0.15, -0.1) is 11.3 Å². The van der Waals surface area contributed by atoms with Crippen LogP contribution < -0.4 is 5.01 Å². The Labute approximate surface area is 176 Å². The van der Waals surface area contributed by atoms with E-state index in [-0.39, 0.29) is 24.2 Å². The number of rotatable bonds is 5. The number of hydrazone groups is 1. The second-order valence-corrected chi connectivity index (χ2v) is 7.68. The molecule has 4 rings (SSSR count). The molecule has 29 heavy (non-hydrogen) atoms. The van der Waals surface area contributed by atoms with Crippen LogP contribution >= 0.6 is 22.9 Å². The Morgan fingerprint density at radius 2 is 1.97 bits per heavy atom. The molecule has 0 fully saturated rings. The van der Waals surface area contributed by atoms with Crippen LogP contribution in [0.25, 0.3) is 0 Å². The summed E-state index contributed by atoms with van der Waals surface area (Å²) >= 11 is 7.32. The average molecular weight is 430 g/mol. The van der Waals surface area contributed by atoms with Crippen molar-refractivity contribution in [3.8, 4) is 0 Å². The van der Waals surface area contributed by atoms with Gasteiger partial charge in [0.25, 0.3) is 0 Å².